The van der Waals surface area contributed by atoms with Crippen molar-refractivity contribution < 1.29 is 4.79 Å². The van der Waals surface area contributed by atoms with Crippen LogP contribution in [0.3, 0.4) is 0 Å². The van der Waals surface area contributed by atoms with Crippen LogP contribution < -0.4 is 11.1 Å². The zero-order valence-electron chi connectivity index (χ0n) is 10.1. The average Bonchev–Trinajstić information content (AvgIpc) is 2.02. The van der Waals surface area contributed by atoms with Gasteiger partial charge < -0.3 is 11.1 Å². The van der Waals surface area contributed by atoms with Crippen molar-refractivity contribution >= 4 is 5.91 Å². The lowest BCUT2D eigenvalue weighted by molar-refractivity contribution is -0.123. The quantitative estimate of drug-likeness (QED) is 0.723. The first-order valence-corrected chi connectivity index (χ1v) is 5.26. The molecule has 0 aliphatic rings. The van der Waals surface area contributed by atoms with Crippen molar-refractivity contribution in [3.05, 3.63) is 0 Å². The number of carbonyl (C=O) groups excluding carboxylic acids is 1. The van der Waals surface area contributed by atoms with Crippen LogP contribution in [0.1, 0.15) is 41.0 Å². The van der Waals surface area contributed by atoms with E-state index in [1.165, 1.54) is 0 Å². The van der Waals surface area contributed by atoms with Crippen LogP contribution in [0.15, 0.2) is 0 Å². The Kier molecular flexibility index (Phi) is 5.13. The van der Waals surface area contributed by atoms with Gasteiger partial charge in [0.15, 0.2) is 0 Å². The van der Waals surface area contributed by atoms with Crippen molar-refractivity contribution in [3.63, 3.8) is 0 Å². The third-order valence-corrected chi connectivity index (χ3v) is 2.73. The van der Waals surface area contributed by atoms with Crippen molar-refractivity contribution in [2.24, 2.45) is 17.1 Å². The molecule has 0 aromatic heterocycles. The number of hydrogen-bond acceptors (Lipinski definition) is 2. The first-order valence-electron chi connectivity index (χ1n) is 5.26. The van der Waals surface area contributed by atoms with Crippen LogP contribution in [0.2, 0.25) is 0 Å². The molecule has 0 heterocycles. The van der Waals surface area contributed by atoms with Crippen LogP contribution in [0, 0.1) is 11.3 Å². The van der Waals surface area contributed by atoms with Gasteiger partial charge in [-0.3, -0.25) is 4.79 Å². The highest BCUT2D eigenvalue weighted by Crippen LogP contribution is 2.27. The molecule has 3 N–H and O–H groups in total. The molecule has 84 valence electrons. The summed E-state index contributed by atoms with van der Waals surface area (Å²) in [6, 6.07) is 0.0784. The van der Waals surface area contributed by atoms with E-state index in [4.69, 9.17) is 5.73 Å². The Balaban J connectivity index is 3.95. The van der Waals surface area contributed by atoms with E-state index in [-0.39, 0.29) is 17.4 Å². The smallest absolute Gasteiger partial charge is 0.220 e. The maximum Gasteiger partial charge on any atom is 0.220 e. The highest BCUT2D eigenvalue weighted by atomic mass is 16.1. The molecule has 0 aliphatic carbocycles. The van der Waals surface area contributed by atoms with Gasteiger partial charge in [0.1, 0.15) is 0 Å². The Labute approximate surface area is 87.4 Å². The van der Waals surface area contributed by atoms with Crippen molar-refractivity contribution in [1.29, 1.82) is 0 Å². The number of hydrogen-bond donors (Lipinski definition) is 2. The molecule has 0 bridgehead atoms. The Morgan fingerprint density at radius 1 is 1.36 bits per heavy atom. The van der Waals surface area contributed by atoms with E-state index in [1.807, 2.05) is 6.92 Å². The van der Waals surface area contributed by atoms with Crippen molar-refractivity contribution in [2.75, 3.05) is 6.54 Å². The summed E-state index contributed by atoms with van der Waals surface area (Å²) in [6.45, 7) is 11.0. The molecule has 0 rings (SSSR count). The Hall–Kier alpha value is -0.570. The number of carbonyl (C=O) groups is 1. The zero-order chi connectivity index (χ0) is 11.4. The van der Waals surface area contributed by atoms with Crippen LogP contribution in [0.5, 0.6) is 0 Å². The van der Waals surface area contributed by atoms with E-state index in [1.54, 1.807) is 0 Å². The lowest BCUT2D eigenvalue weighted by atomic mass is 9.80. The Bertz CT molecular complexity index is 184. The highest BCUT2D eigenvalue weighted by Gasteiger charge is 2.22. The largest absolute Gasteiger partial charge is 0.352 e. The number of rotatable bonds is 4. The molecule has 3 nitrogen and oxygen atoms in total. The monoisotopic (exact) mass is 200 g/mol. The standard InChI is InChI=1S/C11H24N2O/c1-8(11(3,4)5)6-10(14)13-9(2)7-12/h8-9H,6-7,12H2,1-5H3,(H,13,14)/t8?,9-/m1/s1. The second-order valence-corrected chi connectivity index (χ2v) is 5.18. The molecular formula is C11H24N2O. The van der Waals surface area contributed by atoms with Crippen LogP contribution in [0.25, 0.3) is 0 Å². The van der Waals surface area contributed by atoms with E-state index in [0.717, 1.165) is 0 Å². The fourth-order valence-corrected chi connectivity index (χ4v) is 0.977. The van der Waals surface area contributed by atoms with Crippen LogP contribution in [-0.4, -0.2) is 18.5 Å². The zero-order valence-corrected chi connectivity index (χ0v) is 10.1. The molecule has 0 aliphatic heterocycles. The SMILES string of the molecule is CC(CC(=O)N[C@H](C)CN)C(C)(C)C. The van der Waals surface area contributed by atoms with Crippen LogP contribution >= 0.6 is 0 Å². The third kappa shape index (κ3) is 5.22. The van der Waals surface area contributed by atoms with Crippen molar-refractivity contribution in [1.82, 2.24) is 5.32 Å². The maximum atomic E-state index is 11.5. The Morgan fingerprint density at radius 3 is 2.21 bits per heavy atom. The lowest BCUT2D eigenvalue weighted by Gasteiger charge is -2.27. The van der Waals surface area contributed by atoms with E-state index in [9.17, 15) is 4.79 Å². The second kappa shape index (κ2) is 5.35. The Morgan fingerprint density at radius 2 is 1.86 bits per heavy atom. The number of amides is 1. The van der Waals surface area contributed by atoms with Gasteiger partial charge in [-0.15, -0.1) is 0 Å². The number of nitrogens with one attached hydrogen (secondary N) is 1. The first-order chi connectivity index (χ1) is 6.27. The van der Waals surface area contributed by atoms with Crippen LogP contribution in [0.4, 0.5) is 0 Å². The van der Waals surface area contributed by atoms with Gasteiger partial charge in [0.2, 0.25) is 5.91 Å². The molecule has 0 fully saturated rings. The molecule has 0 spiro atoms. The summed E-state index contributed by atoms with van der Waals surface area (Å²) in [7, 11) is 0. The van der Waals surface area contributed by atoms with Crippen molar-refractivity contribution in [2.45, 2.75) is 47.1 Å². The van der Waals surface area contributed by atoms with E-state index in [2.05, 4.69) is 33.0 Å². The lowest BCUT2D eigenvalue weighted by Crippen LogP contribution is -2.39. The first kappa shape index (κ1) is 13.4. The summed E-state index contributed by atoms with van der Waals surface area (Å²) in [5.41, 5.74) is 5.61. The minimum absolute atomic E-state index is 0.0784. The predicted octanol–water partition coefficient (Wildman–Crippen LogP) is 1.52. The molecule has 1 amide bonds. The summed E-state index contributed by atoms with van der Waals surface area (Å²) in [4.78, 5) is 11.5. The minimum atomic E-state index is 0.0784. The minimum Gasteiger partial charge on any atom is -0.352 e. The van der Waals surface area contributed by atoms with Gasteiger partial charge in [-0.1, -0.05) is 27.7 Å². The molecule has 2 atom stereocenters. The summed E-state index contributed by atoms with van der Waals surface area (Å²) in [5, 5.41) is 2.87. The molecular weight excluding hydrogens is 176 g/mol. The third-order valence-electron chi connectivity index (χ3n) is 2.73. The molecule has 3 heteroatoms. The fraction of sp³-hybridized carbons (Fsp3) is 0.909. The summed E-state index contributed by atoms with van der Waals surface area (Å²) >= 11 is 0. The molecule has 14 heavy (non-hydrogen) atoms. The molecule has 0 aromatic carbocycles. The fourth-order valence-electron chi connectivity index (χ4n) is 0.977. The molecule has 0 radical (unpaired) electrons. The molecule has 1 unspecified atom stereocenters. The second-order valence-electron chi connectivity index (χ2n) is 5.18. The van der Waals surface area contributed by atoms with Gasteiger partial charge in [-0.25, -0.2) is 0 Å². The van der Waals surface area contributed by atoms with Gasteiger partial charge in [-0.05, 0) is 18.3 Å². The normalized spacial score (nSPS) is 16.1. The topological polar surface area (TPSA) is 55.1 Å². The maximum absolute atomic E-state index is 11.5. The van der Waals surface area contributed by atoms with E-state index < -0.39 is 0 Å². The molecule has 0 aromatic rings. The predicted molar refractivity (Wildman–Crippen MR) is 59.9 cm³/mol. The van der Waals surface area contributed by atoms with E-state index >= 15 is 0 Å². The van der Waals surface area contributed by atoms with Gasteiger partial charge in [-0.2, -0.15) is 0 Å². The number of nitrogens with two attached hydrogens (primary N) is 1. The van der Waals surface area contributed by atoms with Gasteiger partial charge in [0.05, 0.1) is 0 Å². The van der Waals surface area contributed by atoms with Gasteiger partial charge in [0.25, 0.3) is 0 Å². The highest BCUT2D eigenvalue weighted by molar-refractivity contribution is 5.76. The summed E-state index contributed by atoms with van der Waals surface area (Å²) < 4.78 is 0. The molecule has 0 saturated heterocycles. The van der Waals surface area contributed by atoms with Gasteiger partial charge >= 0.3 is 0 Å². The summed E-state index contributed by atoms with van der Waals surface area (Å²) in [5.74, 6) is 0.484. The van der Waals surface area contributed by atoms with Crippen molar-refractivity contribution in [3.8, 4) is 0 Å². The molecule has 0 saturated carbocycles. The van der Waals surface area contributed by atoms with Crippen LogP contribution in [-0.2, 0) is 4.79 Å². The van der Waals surface area contributed by atoms with E-state index in [0.29, 0.717) is 18.9 Å². The average molecular weight is 200 g/mol. The summed E-state index contributed by atoms with van der Waals surface area (Å²) in [6.07, 6.45) is 0.577. The van der Waals surface area contributed by atoms with Gasteiger partial charge in [0, 0.05) is 19.0 Å².